The second-order valence-corrected chi connectivity index (χ2v) is 5.95. The third-order valence-corrected chi connectivity index (χ3v) is 3.71. The minimum Gasteiger partial charge on any atom is -0.491 e. The summed E-state index contributed by atoms with van der Waals surface area (Å²) in [6, 6.07) is 15.5. The molecule has 0 aliphatic heterocycles. The molecule has 0 fully saturated rings. The topological polar surface area (TPSA) is 41.5 Å². The maximum Gasteiger partial charge on any atom is 0.120 e. The highest BCUT2D eigenvalue weighted by molar-refractivity contribution is 9.10. The third kappa shape index (κ3) is 4.48. The molecule has 0 heterocycles. The highest BCUT2D eigenvalue weighted by Gasteiger charge is 2.12. The zero-order valence-corrected chi connectivity index (χ0v) is 13.8. The van der Waals surface area contributed by atoms with Crippen LogP contribution >= 0.6 is 15.9 Å². The van der Waals surface area contributed by atoms with Crippen LogP contribution in [-0.4, -0.2) is 17.8 Å². The molecule has 2 aromatic rings. The molecule has 21 heavy (non-hydrogen) atoms. The molecule has 0 saturated carbocycles. The quantitative estimate of drug-likeness (QED) is 0.812. The van der Waals surface area contributed by atoms with E-state index in [9.17, 15) is 5.11 Å². The van der Waals surface area contributed by atoms with Gasteiger partial charge in [-0.2, -0.15) is 0 Å². The van der Waals surface area contributed by atoms with Crippen molar-refractivity contribution in [3.63, 3.8) is 0 Å². The van der Waals surface area contributed by atoms with E-state index in [0.29, 0.717) is 0 Å². The van der Waals surface area contributed by atoms with Gasteiger partial charge in [-0.15, -0.1) is 0 Å². The lowest BCUT2D eigenvalue weighted by atomic mass is 10.1. The average Bonchev–Trinajstić information content (AvgIpc) is 2.46. The predicted octanol–water partition coefficient (Wildman–Crippen LogP) is 4.38. The summed E-state index contributed by atoms with van der Waals surface area (Å²) in [5, 5.41) is 13.0. The van der Waals surface area contributed by atoms with Crippen molar-refractivity contribution < 1.29 is 9.84 Å². The molecule has 1 atom stereocenters. The van der Waals surface area contributed by atoms with Crippen molar-refractivity contribution in [2.45, 2.75) is 26.0 Å². The molecule has 0 spiro atoms. The van der Waals surface area contributed by atoms with Crippen molar-refractivity contribution in [2.75, 3.05) is 11.9 Å². The van der Waals surface area contributed by atoms with Crippen LogP contribution in [0.25, 0.3) is 0 Å². The molecule has 1 unspecified atom stereocenters. The van der Waals surface area contributed by atoms with Crippen LogP contribution in [0.3, 0.4) is 0 Å². The molecule has 0 aromatic heterocycles. The van der Waals surface area contributed by atoms with E-state index < -0.39 is 0 Å². The molecular formula is C17H20BrNO2. The van der Waals surface area contributed by atoms with Crippen molar-refractivity contribution in [3.05, 3.63) is 58.6 Å². The van der Waals surface area contributed by atoms with Crippen LogP contribution in [0.1, 0.15) is 25.5 Å². The molecule has 4 heteroatoms. The largest absolute Gasteiger partial charge is 0.491 e. The number of halogens is 1. The molecule has 0 amide bonds. The highest BCUT2D eigenvalue weighted by Crippen LogP contribution is 2.27. The summed E-state index contributed by atoms with van der Waals surface area (Å²) in [5.41, 5.74) is 1.94. The number of anilines is 1. The fraction of sp³-hybridized carbons (Fsp3) is 0.294. The molecule has 2 N–H and O–H groups in total. The van der Waals surface area contributed by atoms with Crippen molar-refractivity contribution in [1.82, 2.24) is 0 Å². The van der Waals surface area contributed by atoms with Gasteiger partial charge in [0.1, 0.15) is 5.75 Å². The molecule has 0 aliphatic rings. The standard InChI is InChI=1S/C17H20BrNO2/c1-12(2)21-14-7-5-6-13(10-14)17(11-20)19-16-9-4-3-8-15(16)18/h3-10,12,17,19-20H,11H2,1-2H3. The summed E-state index contributed by atoms with van der Waals surface area (Å²) < 4.78 is 6.68. The number of para-hydroxylation sites is 1. The van der Waals surface area contributed by atoms with Gasteiger partial charge in [-0.05, 0) is 59.6 Å². The Kier molecular flexibility index (Phi) is 5.65. The van der Waals surface area contributed by atoms with E-state index in [2.05, 4.69) is 21.2 Å². The summed E-state index contributed by atoms with van der Waals surface area (Å²) in [4.78, 5) is 0. The average molecular weight is 350 g/mol. The monoisotopic (exact) mass is 349 g/mol. The van der Waals surface area contributed by atoms with Crippen molar-refractivity contribution in [1.29, 1.82) is 0 Å². The van der Waals surface area contributed by atoms with Crippen LogP contribution in [-0.2, 0) is 0 Å². The second kappa shape index (κ2) is 7.48. The van der Waals surface area contributed by atoms with Gasteiger partial charge in [0, 0.05) is 10.2 Å². The number of hydrogen-bond acceptors (Lipinski definition) is 3. The molecule has 0 saturated heterocycles. The van der Waals surface area contributed by atoms with Gasteiger partial charge in [-0.1, -0.05) is 24.3 Å². The summed E-state index contributed by atoms with van der Waals surface area (Å²) in [5.74, 6) is 0.815. The molecule has 112 valence electrons. The van der Waals surface area contributed by atoms with Gasteiger partial charge in [0.2, 0.25) is 0 Å². The SMILES string of the molecule is CC(C)Oc1cccc(C(CO)Nc2ccccc2Br)c1. The molecule has 0 aliphatic carbocycles. The van der Waals surface area contributed by atoms with Gasteiger partial charge in [-0.3, -0.25) is 0 Å². The summed E-state index contributed by atoms with van der Waals surface area (Å²) in [6.07, 6.45) is 0.129. The number of nitrogens with one attached hydrogen (secondary N) is 1. The molecule has 2 aromatic carbocycles. The van der Waals surface area contributed by atoms with Crippen LogP contribution < -0.4 is 10.1 Å². The molecule has 0 bridgehead atoms. The Balaban J connectivity index is 2.19. The maximum absolute atomic E-state index is 9.69. The van der Waals surface area contributed by atoms with Gasteiger partial charge in [0.15, 0.2) is 0 Å². The van der Waals surface area contributed by atoms with Gasteiger partial charge in [0.05, 0.1) is 18.8 Å². The van der Waals surface area contributed by atoms with Gasteiger partial charge >= 0.3 is 0 Å². The van der Waals surface area contributed by atoms with Crippen molar-refractivity contribution in [3.8, 4) is 5.75 Å². The second-order valence-electron chi connectivity index (χ2n) is 5.10. The minimum absolute atomic E-state index is 0.00641. The molecule has 2 rings (SSSR count). The third-order valence-electron chi connectivity index (χ3n) is 3.02. The number of aliphatic hydroxyl groups is 1. The van der Waals surface area contributed by atoms with Crippen LogP contribution in [0.2, 0.25) is 0 Å². The first-order valence-electron chi connectivity index (χ1n) is 6.98. The lowest BCUT2D eigenvalue weighted by Crippen LogP contribution is -2.15. The summed E-state index contributed by atoms with van der Waals surface area (Å²) in [6.45, 7) is 4.00. The Morgan fingerprint density at radius 3 is 2.57 bits per heavy atom. The Morgan fingerprint density at radius 2 is 1.90 bits per heavy atom. The first-order chi connectivity index (χ1) is 10.1. The zero-order valence-electron chi connectivity index (χ0n) is 12.2. The maximum atomic E-state index is 9.69. The normalized spacial score (nSPS) is 12.2. The van der Waals surface area contributed by atoms with Gasteiger partial charge in [0.25, 0.3) is 0 Å². The molecule has 3 nitrogen and oxygen atoms in total. The lowest BCUT2D eigenvalue weighted by molar-refractivity contribution is 0.241. The highest BCUT2D eigenvalue weighted by atomic mass is 79.9. The van der Waals surface area contributed by atoms with Crippen LogP contribution in [0.4, 0.5) is 5.69 Å². The fourth-order valence-corrected chi connectivity index (χ4v) is 2.48. The van der Waals surface area contributed by atoms with Crippen LogP contribution in [0.15, 0.2) is 53.0 Å². The van der Waals surface area contributed by atoms with E-state index in [4.69, 9.17) is 4.74 Å². The van der Waals surface area contributed by atoms with E-state index in [1.165, 1.54) is 0 Å². The molecule has 0 radical (unpaired) electrons. The number of hydrogen-bond donors (Lipinski definition) is 2. The zero-order chi connectivity index (χ0) is 15.2. The van der Waals surface area contributed by atoms with E-state index in [1.807, 2.05) is 62.4 Å². The first-order valence-corrected chi connectivity index (χ1v) is 7.78. The van der Waals surface area contributed by atoms with E-state index >= 15 is 0 Å². The number of rotatable bonds is 6. The Labute approximate surface area is 134 Å². The fourth-order valence-electron chi connectivity index (χ4n) is 2.08. The number of aliphatic hydroxyl groups excluding tert-OH is 1. The van der Waals surface area contributed by atoms with E-state index in [-0.39, 0.29) is 18.8 Å². The van der Waals surface area contributed by atoms with Crippen molar-refractivity contribution in [2.24, 2.45) is 0 Å². The van der Waals surface area contributed by atoms with Crippen LogP contribution in [0.5, 0.6) is 5.75 Å². The molecular weight excluding hydrogens is 330 g/mol. The Hall–Kier alpha value is -1.52. The van der Waals surface area contributed by atoms with E-state index in [1.54, 1.807) is 0 Å². The number of ether oxygens (including phenoxy) is 1. The summed E-state index contributed by atoms with van der Waals surface area (Å²) in [7, 11) is 0. The lowest BCUT2D eigenvalue weighted by Gasteiger charge is -2.20. The smallest absolute Gasteiger partial charge is 0.120 e. The Bertz CT molecular complexity index is 587. The summed E-state index contributed by atoms with van der Waals surface area (Å²) >= 11 is 3.50. The van der Waals surface area contributed by atoms with Gasteiger partial charge in [-0.25, -0.2) is 0 Å². The Morgan fingerprint density at radius 1 is 1.14 bits per heavy atom. The van der Waals surface area contributed by atoms with Crippen molar-refractivity contribution >= 4 is 21.6 Å². The van der Waals surface area contributed by atoms with Crippen LogP contribution in [0, 0.1) is 0 Å². The minimum atomic E-state index is -0.181. The predicted molar refractivity (Wildman–Crippen MR) is 89.8 cm³/mol. The number of benzene rings is 2. The van der Waals surface area contributed by atoms with Gasteiger partial charge < -0.3 is 15.2 Å². The first kappa shape index (κ1) is 15.9. The van der Waals surface area contributed by atoms with E-state index in [0.717, 1.165) is 21.5 Å².